The minimum absolute atomic E-state index is 0.274. The molecule has 0 aliphatic rings. The van der Waals surface area contributed by atoms with E-state index in [1.54, 1.807) is 19.2 Å². The van der Waals surface area contributed by atoms with Crippen molar-refractivity contribution in [2.75, 3.05) is 12.4 Å². The zero-order valence-electron chi connectivity index (χ0n) is 14.3. The molecule has 0 amide bonds. The quantitative estimate of drug-likeness (QED) is 0.523. The van der Waals surface area contributed by atoms with E-state index < -0.39 is 0 Å². The summed E-state index contributed by atoms with van der Waals surface area (Å²) in [5.74, 6) is 1.31. The van der Waals surface area contributed by atoms with Crippen LogP contribution in [0.3, 0.4) is 0 Å². The molecule has 0 aliphatic heterocycles. The van der Waals surface area contributed by atoms with Crippen LogP contribution in [-0.2, 0) is 13.2 Å². The Balaban J connectivity index is 1.68. The molecule has 0 fully saturated rings. The van der Waals surface area contributed by atoms with Crippen molar-refractivity contribution in [2.45, 2.75) is 13.2 Å². The minimum Gasteiger partial charge on any atom is -0.493 e. The van der Waals surface area contributed by atoms with Gasteiger partial charge in [0.15, 0.2) is 11.5 Å². The highest BCUT2D eigenvalue weighted by Crippen LogP contribution is 2.31. The first kappa shape index (κ1) is 18.4. The molecule has 0 heterocycles. The molecule has 0 saturated heterocycles. The number of nitrogens with one attached hydrogen (secondary N) is 1. The van der Waals surface area contributed by atoms with Crippen LogP contribution in [0.5, 0.6) is 11.5 Å². The molecule has 0 spiro atoms. The molecule has 3 aromatic rings. The number of halogens is 2. The molecule has 0 saturated carbocycles. The van der Waals surface area contributed by atoms with Gasteiger partial charge in [0.2, 0.25) is 0 Å². The average molecular weight is 388 g/mol. The van der Waals surface area contributed by atoms with Gasteiger partial charge in [0, 0.05) is 27.8 Å². The fourth-order valence-electron chi connectivity index (χ4n) is 2.52. The lowest BCUT2D eigenvalue weighted by molar-refractivity contribution is 0.284. The molecule has 5 heteroatoms. The molecule has 0 bridgehead atoms. The molecule has 3 aromatic carbocycles. The molecular weight excluding hydrogens is 369 g/mol. The maximum atomic E-state index is 6.19. The van der Waals surface area contributed by atoms with Gasteiger partial charge < -0.3 is 14.8 Å². The highest BCUT2D eigenvalue weighted by Gasteiger charge is 2.10. The number of ether oxygens (including phenoxy) is 2. The van der Waals surface area contributed by atoms with Crippen LogP contribution in [0.4, 0.5) is 5.69 Å². The van der Waals surface area contributed by atoms with Gasteiger partial charge in [0.25, 0.3) is 0 Å². The predicted molar refractivity (Wildman–Crippen MR) is 108 cm³/mol. The van der Waals surface area contributed by atoms with Crippen LogP contribution < -0.4 is 14.8 Å². The van der Waals surface area contributed by atoms with E-state index in [1.807, 2.05) is 54.6 Å². The Bertz CT molecular complexity index is 849. The lowest BCUT2D eigenvalue weighted by Crippen LogP contribution is -2.02. The summed E-state index contributed by atoms with van der Waals surface area (Å²) in [6, 6.07) is 21.3. The van der Waals surface area contributed by atoms with E-state index in [-0.39, 0.29) is 6.61 Å². The minimum atomic E-state index is 0.274. The van der Waals surface area contributed by atoms with Gasteiger partial charge in [-0.2, -0.15) is 0 Å². The largest absolute Gasteiger partial charge is 0.493 e. The third kappa shape index (κ3) is 4.63. The fourth-order valence-corrected chi connectivity index (χ4v) is 3.03. The molecule has 0 atom stereocenters. The summed E-state index contributed by atoms with van der Waals surface area (Å²) in [4.78, 5) is 0. The van der Waals surface area contributed by atoms with Crippen molar-refractivity contribution in [3.8, 4) is 11.5 Å². The molecule has 1 N–H and O–H groups in total. The highest BCUT2D eigenvalue weighted by molar-refractivity contribution is 6.35. The van der Waals surface area contributed by atoms with Gasteiger partial charge >= 0.3 is 0 Å². The van der Waals surface area contributed by atoms with Gasteiger partial charge in [-0.05, 0) is 42.0 Å². The van der Waals surface area contributed by atoms with Gasteiger partial charge in [-0.1, -0.05) is 53.5 Å². The molecule has 3 rings (SSSR count). The summed E-state index contributed by atoms with van der Waals surface area (Å²) in [5, 5.41) is 4.54. The number of hydrogen-bond donors (Lipinski definition) is 1. The second-order valence-electron chi connectivity index (χ2n) is 5.69. The van der Waals surface area contributed by atoms with Gasteiger partial charge in [-0.3, -0.25) is 0 Å². The summed E-state index contributed by atoms with van der Waals surface area (Å²) >= 11 is 12.4. The molecule has 0 radical (unpaired) electrons. The lowest BCUT2D eigenvalue weighted by Gasteiger charge is -2.14. The van der Waals surface area contributed by atoms with Crippen molar-refractivity contribution in [1.29, 1.82) is 0 Å². The van der Waals surface area contributed by atoms with Crippen molar-refractivity contribution in [2.24, 2.45) is 0 Å². The van der Waals surface area contributed by atoms with Crippen molar-refractivity contribution in [3.63, 3.8) is 0 Å². The van der Waals surface area contributed by atoms with Gasteiger partial charge in [-0.25, -0.2) is 0 Å². The van der Waals surface area contributed by atoms with E-state index in [0.29, 0.717) is 28.1 Å². The number of benzene rings is 3. The van der Waals surface area contributed by atoms with Crippen LogP contribution in [0.25, 0.3) is 0 Å². The topological polar surface area (TPSA) is 30.5 Å². The maximum Gasteiger partial charge on any atom is 0.161 e. The van der Waals surface area contributed by atoms with E-state index in [4.69, 9.17) is 32.7 Å². The molecular formula is C21H19Cl2NO2. The normalized spacial score (nSPS) is 10.4. The summed E-state index contributed by atoms with van der Waals surface area (Å²) < 4.78 is 11.3. The van der Waals surface area contributed by atoms with Crippen LogP contribution >= 0.6 is 23.2 Å². The SMILES string of the molecule is COc1cc(CNc2ccccc2)ccc1OCc1c(Cl)cccc1Cl. The van der Waals surface area contributed by atoms with Gasteiger partial charge in [-0.15, -0.1) is 0 Å². The summed E-state index contributed by atoms with van der Waals surface area (Å²) in [7, 11) is 1.62. The summed E-state index contributed by atoms with van der Waals surface area (Å²) in [6.07, 6.45) is 0. The fraction of sp³-hybridized carbons (Fsp3) is 0.143. The summed E-state index contributed by atoms with van der Waals surface area (Å²) in [6.45, 7) is 0.966. The van der Waals surface area contributed by atoms with Crippen molar-refractivity contribution >= 4 is 28.9 Å². The first-order valence-corrected chi connectivity index (χ1v) is 8.94. The lowest BCUT2D eigenvalue weighted by atomic mass is 10.2. The Hall–Kier alpha value is -2.36. The number of rotatable bonds is 7. The number of hydrogen-bond acceptors (Lipinski definition) is 3. The second-order valence-corrected chi connectivity index (χ2v) is 6.51. The standard InChI is InChI=1S/C21H19Cl2NO2/c1-25-21-12-15(13-24-16-6-3-2-4-7-16)10-11-20(21)26-14-17-18(22)8-5-9-19(17)23/h2-12,24H,13-14H2,1H3. The molecule has 134 valence electrons. The smallest absolute Gasteiger partial charge is 0.161 e. The van der Waals surface area contributed by atoms with Gasteiger partial charge in [0.05, 0.1) is 7.11 Å². The van der Waals surface area contributed by atoms with Crippen LogP contribution in [-0.4, -0.2) is 7.11 Å². The Morgan fingerprint density at radius 1 is 0.846 bits per heavy atom. The first-order valence-electron chi connectivity index (χ1n) is 8.19. The van der Waals surface area contributed by atoms with E-state index in [2.05, 4.69) is 5.32 Å². The van der Waals surface area contributed by atoms with E-state index in [9.17, 15) is 0 Å². The molecule has 0 aliphatic carbocycles. The zero-order valence-corrected chi connectivity index (χ0v) is 15.8. The number of para-hydroxylation sites is 1. The Labute approximate surface area is 163 Å². The van der Waals surface area contributed by atoms with E-state index in [0.717, 1.165) is 16.8 Å². The van der Waals surface area contributed by atoms with E-state index in [1.165, 1.54) is 0 Å². The third-order valence-corrected chi connectivity index (χ3v) is 4.64. The van der Waals surface area contributed by atoms with Crippen molar-refractivity contribution in [1.82, 2.24) is 0 Å². The molecule has 26 heavy (non-hydrogen) atoms. The highest BCUT2D eigenvalue weighted by atomic mass is 35.5. The van der Waals surface area contributed by atoms with Crippen LogP contribution in [0, 0.1) is 0 Å². The number of anilines is 1. The Kier molecular flexibility index (Phi) is 6.26. The molecule has 3 nitrogen and oxygen atoms in total. The first-order chi connectivity index (χ1) is 12.7. The Morgan fingerprint density at radius 2 is 1.58 bits per heavy atom. The maximum absolute atomic E-state index is 6.19. The second kappa shape index (κ2) is 8.84. The Morgan fingerprint density at radius 3 is 2.27 bits per heavy atom. The monoisotopic (exact) mass is 387 g/mol. The van der Waals surface area contributed by atoms with Gasteiger partial charge in [0.1, 0.15) is 6.61 Å². The number of methoxy groups -OCH3 is 1. The van der Waals surface area contributed by atoms with Crippen LogP contribution in [0.1, 0.15) is 11.1 Å². The molecule has 0 unspecified atom stereocenters. The molecule has 0 aromatic heterocycles. The zero-order chi connectivity index (χ0) is 18.4. The predicted octanol–water partition coefficient (Wildman–Crippen LogP) is 6.19. The summed E-state index contributed by atoms with van der Waals surface area (Å²) in [5.41, 5.74) is 2.92. The van der Waals surface area contributed by atoms with E-state index >= 15 is 0 Å². The van der Waals surface area contributed by atoms with Crippen molar-refractivity contribution in [3.05, 3.63) is 87.9 Å². The van der Waals surface area contributed by atoms with Crippen LogP contribution in [0.2, 0.25) is 10.0 Å². The average Bonchev–Trinajstić information content (AvgIpc) is 2.67. The third-order valence-electron chi connectivity index (χ3n) is 3.93. The van der Waals surface area contributed by atoms with Crippen molar-refractivity contribution < 1.29 is 9.47 Å². The van der Waals surface area contributed by atoms with Crippen LogP contribution in [0.15, 0.2) is 66.7 Å².